The van der Waals surface area contributed by atoms with E-state index in [1.54, 1.807) is 0 Å². The van der Waals surface area contributed by atoms with Crippen LogP contribution in [0.1, 0.15) is 77.6 Å². The van der Waals surface area contributed by atoms with Crippen molar-refractivity contribution >= 4 is 50.6 Å². The third kappa shape index (κ3) is 6.36. The quantitative estimate of drug-likeness (QED) is 0.159. The van der Waals surface area contributed by atoms with E-state index < -0.39 is 0 Å². The minimum Gasteiger partial charge on any atom is -0.310 e. The van der Waals surface area contributed by atoms with Crippen molar-refractivity contribution in [2.75, 3.05) is 9.80 Å². The van der Waals surface area contributed by atoms with Crippen LogP contribution in [0.5, 0.6) is 0 Å². The predicted molar refractivity (Wildman–Crippen MR) is 235 cm³/mol. The van der Waals surface area contributed by atoms with Crippen LogP contribution in [0.15, 0.2) is 152 Å². The van der Waals surface area contributed by atoms with Crippen LogP contribution in [0, 0.1) is 6.57 Å². The van der Waals surface area contributed by atoms with Gasteiger partial charge in [-0.2, -0.15) is 0 Å². The molecule has 0 spiro atoms. The molecule has 3 heteroatoms. The van der Waals surface area contributed by atoms with Crippen molar-refractivity contribution in [2.45, 2.75) is 71.6 Å². The van der Waals surface area contributed by atoms with Gasteiger partial charge in [-0.15, -0.1) is 0 Å². The number of hydrogen-bond acceptors (Lipinski definition) is 2. The maximum absolute atomic E-state index is 7.56. The summed E-state index contributed by atoms with van der Waals surface area (Å²) in [5.74, 6) is 0. The molecule has 55 heavy (non-hydrogen) atoms. The van der Waals surface area contributed by atoms with E-state index >= 15 is 0 Å². The Balaban J connectivity index is 1.31. The molecule has 7 aromatic rings. The van der Waals surface area contributed by atoms with Crippen LogP contribution in [-0.4, -0.2) is 0 Å². The van der Waals surface area contributed by atoms with E-state index in [0.717, 1.165) is 34.1 Å². The van der Waals surface area contributed by atoms with Crippen molar-refractivity contribution in [1.29, 1.82) is 0 Å². The molecule has 0 saturated heterocycles. The molecule has 272 valence electrons. The lowest BCUT2D eigenvalue weighted by molar-refractivity contribution is 0.590. The molecule has 0 N–H and O–H groups in total. The SMILES string of the molecule is [C-]#[N+]c1ccc(N(c2ccccc2)c2cc3c(c4ccccc24)-c2ccc(N(c4ccc(C(C)(C)C)cc4)c4ccc(C(C)(C)C)cc4)cc2C3(C)C)cc1. The van der Waals surface area contributed by atoms with Gasteiger partial charge in [0.25, 0.3) is 0 Å². The largest absolute Gasteiger partial charge is 0.310 e. The highest BCUT2D eigenvalue weighted by Gasteiger charge is 2.38. The van der Waals surface area contributed by atoms with Crippen molar-refractivity contribution in [2.24, 2.45) is 0 Å². The molecule has 0 saturated carbocycles. The molecule has 0 amide bonds. The maximum Gasteiger partial charge on any atom is 0.187 e. The Bertz CT molecular complexity index is 2500. The van der Waals surface area contributed by atoms with Crippen molar-refractivity contribution in [3.05, 3.63) is 185 Å². The highest BCUT2D eigenvalue weighted by atomic mass is 15.1. The van der Waals surface area contributed by atoms with Crippen LogP contribution in [0.25, 0.3) is 26.7 Å². The molecular formula is C52H49N3. The van der Waals surface area contributed by atoms with Gasteiger partial charge in [0.2, 0.25) is 0 Å². The van der Waals surface area contributed by atoms with E-state index in [9.17, 15) is 0 Å². The number of nitrogens with zero attached hydrogens (tertiary/aromatic N) is 3. The summed E-state index contributed by atoms with van der Waals surface area (Å²) in [4.78, 5) is 8.42. The standard InChI is InChI=1S/C52H49N3/c1-50(2,3)35-19-25-39(26-20-35)54(40-27-21-36(22-28-40)51(4,5)6)42-31-32-45-46(33-42)52(7,8)47-34-48(43-17-13-14-18-44(43)49(45)47)55(38-15-11-10-12-16-38)41-29-23-37(53-9)24-30-41/h10-34H,1-8H3. The van der Waals surface area contributed by atoms with E-state index in [4.69, 9.17) is 6.57 Å². The number of benzene rings is 7. The second-order valence-corrected chi connectivity index (χ2v) is 17.4. The number of para-hydroxylation sites is 1. The van der Waals surface area contributed by atoms with Gasteiger partial charge in [-0.1, -0.05) is 140 Å². The van der Waals surface area contributed by atoms with Gasteiger partial charge in [-0.05, 0) is 116 Å². The summed E-state index contributed by atoms with van der Waals surface area (Å²) in [6.07, 6.45) is 0. The van der Waals surface area contributed by atoms with Gasteiger partial charge in [0.1, 0.15) is 0 Å². The molecule has 7 aromatic carbocycles. The molecule has 0 unspecified atom stereocenters. The van der Waals surface area contributed by atoms with Crippen molar-refractivity contribution in [1.82, 2.24) is 0 Å². The molecule has 0 aliphatic heterocycles. The van der Waals surface area contributed by atoms with Crippen LogP contribution in [0.2, 0.25) is 0 Å². The monoisotopic (exact) mass is 715 g/mol. The summed E-state index contributed by atoms with van der Waals surface area (Å²) in [6.45, 7) is 25.9. The lowest BCUT2D eigenvalue weighted by Crippen LogP contribution is -2.18. The first-order valence-corrected chi connectivity index (χ1v) is 19.3. The number of anilines is 6. The fourth-order valence-corrected chi connectivity index (χ4v) is 8.22. The van der Waals surface area contributed by atoms with E-state index in [-0.39, 0.29) is 16.2 Å². The van der Waals surface area contributed by atoms with Gasteiger partial charge in [0.05, 0.1) is 12.3 Å². The van der Waals surface area contributed by atoms with Crippen molar-refractivity contribution < 1.29 is 0 Å². The first-order chi connectivity index (χ1) is 26.3. The Labute approximate surface area is 327 Å². The van der Waals surface area contributed by atoms with E-state index in [2.05, 4.69) is 210 Å². The molecule has 3 nitrogen and oxygen atoms in total. The summed E-state index contributed by atoms with van der Waals surface area (Å²) >= 11 is 0. The van der Waals surface area contributed by atoms with E-state index in [1.165, 1.54) is 44.2 Å². The second-order valence-electron chi connectivity index (χ2n) is 17.4. The lowest BCUT2D eigenvalue weighted by atomic mass is 9.81. The molecule has 8 rings (SSSR count). The minimum absolute atomic E-state index is 0.0695. The normalized spacial score (nSPS) is 13.2. The summed E-state index contributed by atoms with van der Waals surface area (Å²) in [5, 5.41) is 2.42. The highest BCUT2D eigenvalue weighted by molar-refractivity contribution is 6.10. The van der Waals surface area contributed by atoms with Crippen LogP contribution < -0.4 is 9.80 Å². The Kier molecular flexibility index (Phi) is 8.70. The summed E-state index contributed by atoms with van der Waals surface area (Å²) in [6, 6.07) is 55.0. The Morgan fingerprint density at radius 1 is 0.473 bits per heavy atom. The number of hydrogen-bond donors (Lipinski definition) is 0. The Morgan fingerprint density at radius 3 is 1.49 bits per heavy atom. The topological polar surface area (TPSA) is 10.8 Å². The smallest absolute Gasteiger partial charge is 0.187 e. The molecule has 0 aromatic heterocycles. The second kappa shape index (κ2) is 13.3. The van der Waals surface area contributed by atoms with E-state index in [1.807, 2.05) is 12.1 Å². The van der Waals surface area contributed by atoms with E-state index in [0.29, 0.717) is 5.69 Å². The summed E-state index contributed by atoms with van der Waals surface area (Å²) < 4.78 is 0. The van der Waals surface area contributed by atoms with Crippen molar-refractivity contribution in [3.8, 4) is 11.1 Å². The van der Waals surface area contributed by atoms with Crippen LogP contribution in [0.4, 0.5) is 39.8 Å². The Hall–Kier alpha value is -6.11. The number of rotatable bonds is 6. The number of fused-ring (bicyclic) bond motifs is 5. The van der Waals surface area contributed by atoms with Crippen LogP contribution in [-0.2, 0) is 16.2 Å². The zero-order valence-electron chi connectivity index (χ0n) is 33.3. The fourth-order valence-electron chi connectivity index (χ4n) is 8.22. The van der Waals surface area contributed by atoms with Gasteiger partial charge in [0, 0.05) is 39.2 Å². The predicted octanol–water partition coefficient (Wildman–Crippen LogP) is 15.2. The van der Waals surface area contributed by atoms with Gasteiger partial charge >= 0.3 is 0 Å². The first kappa shape index (κ1) is 35.9. The maximum atomic E-state index is 7.56. The van der Waals surface area contributed by atoms with Gasteiger partial charge in [-0.3, -0.25) is 0 Å². The third-order valence-corrected chi connectivity index (χ3v) is 11.4. The highest BCUT2D eigenvalue weighted by Crippen LogP contribution is 2.55. The lowest BCUT2D eigenvalue weighted by Gasteiger charge is -2.30. The zero-order valence-corrected chi connectivity index (χ0v) is 33.3. The van der Waals surface area contributed by atoms with Gasteiger partial charge < -0.3 is 9.80 Å². The Morgan fingerprint density at radius 2 is 0.945 bits per heavy atom. The fraction of sp³-hybridized carbons (Fsp3) is 0.212. The average molecular weight is 716 g/mol. The van der Waals surface area contributed by atoms with Crippen LogP contribution in [0.3, 0.4) is 0 Å². The molecule has 0 radical (unpaired) electrons. The summed E-state index contributed by atoms with van der Waals surface area (Å²) in [7, 11) is 0. The molecule has 0 fully saturated rings. The molecule has 0 bridgehead atoms. The van der Waals surface area contributed by atoms with Gasteiger partial charge in [-0.25, -0.2) is 4.85 Å². The molecule has 1 aliphatic carbocycles. The molecular weight excluding hydrogens is 667 g/mol. The third-order valence-electron chi connectivity index (χ3n) is 11.4. The van der Waals surface area contributed by atoms with Gasteiger partial charge in [0.15, 0.2) is 5.69 Å². The average Bonchev–Trinajstić information content (AvgIpc) is 3.41. The molecule has 0 heterocycles. The molecule has 0 atom stereocenters. The first-order valence-electron chi connectivity index (χ1n) is 19.3. The summed E-state index contributed by atoms with van der Waals surface area (Å²) in [5.41, 5.74) is 15.0. The molecule has 1 aliphatic rings. The zero-order chi connectivity index (χ0) is 38.7. The van der Waals surface area contributed by atoms with Crippen LogP contribution >= 0.6 is 0 Å². The minimum atomic E-state index is -0.284. The van der Waals surface area contributed by atoms with Crippen molar-refractivity contribution in [3.63, 3.8) is 0 Å².